The lowest BCUT2D eigenvalue weighted by atomic mass is 9.34. The highest BCUT2D eigenvalue weighted by Gasteiger charge is 2.72. The second-order valence-corrected chi connectivity index (χ2v) is 10.1. The van der Waals surface area contributed by atoms with Crippen molar-refractivity contribution in [2.45, 2.75) is 52.1 Å². The van der Waals surface area contributed by atoms with Crippen LogP contribution in [0.2, 0.25) is 0 Å². The molecule has 2 aromatic heterocycles. The molecule has 1 amide bonds. The molecular weight excluding hydrogens is 382 g/mol. The number of amides is 1. The van der Waals surface area contributed by atoms with Gasteiger partial charge in [0.15, 0.2) is 0 Å². The maximum Gasteiger partial charge on any atom is 0.249 e. The summed E-state index contributed by atoms with van der Waals surface area (Å²) in [6, 6.07) is 6.45. The van der Waals surface area contributed by atoms with Gasteiger partial charge in [-0.15, -0.1) is 11.3 Å². The number of hydrogen-bond donors (Lipinski definition) is 0. The Balaban J connectivity index is 1.17. The monoisotopic (exact) mass is 405 g/mol. The minimum atomic E-state index is -0.216. The molecule has 3 fully saturated rings. The molecule has 148 valence electrons. The van der Waals surface area contributed by atoms with Crippen LogP contribution in [-0.2, 0) is 11.3 Å². The smallest absolute Gasteiger partial charge is 0.249 e. The molecule has 7 rings (SSSR count). The number of rotatable bonds is 4. The van der Waals surface area contributed by atoms with E-state index in [1.165, 1.54) is 16.5 Å². The lowest BCUT2D eigenvalue weighted by Crippen LogP contribution is -2.68. The van der Waals surface area contributed by atoms with Crippen molar-refractivity contribution < 1.29 is 4.79 Å². The first-order valence-corrected chi connectivity index (χ1v) is 11.1. The molecule has 7 heteroatoms. The molecule has 6 nitrogen and oxygen atoms in total. The molecule has 29 heavy (non-hydrogen) atoms. The molecule has 0 saturated heterocycles. The van der Waals surface area contributed by atoms with Gasteiger partial charge in [-0.2, -0.15) is 10.2 Å². The lowest BCUT2D eigenvalue weighted by molar-refractivity contribution is -0.223. The SMILES string of the molecule is Cc1ccc2c(cnn2CC23CC(C(=O)N4N=CCC4c4nc(C)cs4)(C2)C3)c1. The van der Waals surface area contributed by atoms with Crippen LogP contribution in [0.4, 0.5) is 0 Å². The predicted octanol–water partition coefficient (Wildman–Crippen LogP) is 4.24. The van der Waals surface area contributed by atoms with E-state index < -0.39 is 0 Å². The van der Waals surface area contributed by atoms with Gasteiger partial charge in [0, 0.05) is 35.6 Å². The first-order chi connectivity index (χ1) is 14.0. The summed E-state index contributed by atoms with van der Waals surface area (Å²) in [5.74, 6) is 0.187. The van der Waals surface area contributed by atoms with Gasteiger partial charge in [-0.25, -0.2) is 9.99 Å². The third kappa shape index (κ3) is 2.46. The van der Waals surface area contributed by atoms with Crippen LogP contribution in [0, 0.1) is 24.7 Å². The molecule has 3 aliphatic carbocycles. The maximum atomic E-state index is 13.3. The number of nitrogens with zero attached hydrogens (tertiary/aromatic N) is 5. The molecular formula is C22H23N5OS. The Morgan fingerprint density at radius 2 is 2.10 bits per heavy atom. The van der Waals surface area contributed by atoms with Crippen LogP contribution >= 0.6 is 11.3 Å². The topological polar surface area (TPSA) is 63.4 Å². The first-order valence-electron chi connectivity index (χ1n) is 10.2. The molecule has 4 aliphatic rings. The Morgan fingerprint density at radius 3 is 2.86 bits per heavy atom. The van der Waals surface area contributed by atoms with Crippen molar-refractivity contribution in [1.29, 1.82) is 0 Å². The average Bonchev–Trinajstić information content (AvgIpc) is 3.35. The van der Waals surface area contributed by atoms with Gasteiger partial charge in [-0.05, 0) is 50.7 Å². The highest BCUT2D eigenvalue weighted by Crippen LogP contribution is 2.74. The summed E-state index contributed by atoms with van der Waals surface area (Å²) < 4.78 is 2.12. The van der Waals surface area contributed by atoms with Gasteiger partial charge in [-0.1, -0.05) is 11.6 Å². The first kappa shape index (κ1) is 17.3. The second-order valence-electron chi connectivity index (χ2n) is 9.20. The largest absolute Gasteiger partial charge is 0.272 e. The number of carbonyl (C=O) groups is 1. The third-order valence-corrected chi connectivity index (χ3v) is 7.90. The van der Waals surface area contributed by atoms with E-state index in [-0.39, 0.29) is 22.8 Å². The molecule has 0 spiro atoms. The second kappa shape index (κ2) is 5.75. The number of hydrogen-bond acceptors (Lipinski definition) is 5. The average molecular weight is 406 g/mol. The molecule has 3 heterocycles. The van der Waals surface area contributed by atoms with Gasteiger partial charge in [0.2, 0.25) is 5.91 Å². The number of hydrazone groups is 1. The highest BCUT2D eigenvalue weighted by atomic mass is 32.1. The summed E-state index contributed by atoms with van der Waals surface area (Å²) in [6.45, 7) is 4.99. The minimum absolute atomic E-state index is 0.0236. The van der Waals surface area contributed by atoms with Gasteiger partial charge < -0.3 is 0 Å². The molecule has 3 saturated carbocycles. The fourth-order valence-corrected chi connectivity index (χ4v) is 6.52. The summed E-state index contributed by atoms with van der Waals surface area (Å²) in [7, 11) is 0. The number of benzene rings is 1. The summed E-state index contributed by atoms with van der Waals surface area (Å²) in [6.07, 6.45) is 7.41. The Hall–Kier alpha value is -2.54. The van der Waals surface area contributed by atoms with E-state index in [4.69, 9.17) is 0 Å². The molecule has 1 aromatic carbocycles. The molecule has 2 bridgehead atoms. The number of thiazole rings is 1. The standard InChI is InChI=1S/C22H23N5OS/c1-14-3-4-17-16(7-14)8-24-26(17)13-21-10-22(11-21,12-21)20(28)27-18(5-6-23-27)19-25-15(2)9-29-19/h3-4,6-9,18H,5,10-13H2,1-2H3. The number of carbonyl (C=O) groups excluding carboxylic acids is 1. The van der Waals surface area contributed by atoms with E-state index in [0.717, 1.165) is 42.9 Å². The number of fused-ring (bicyclic) bond motifs is 1. The van der Waals surface area contributed by atoms with Crippen LogP contribution in [0.1, 0.15) is 48.0 Å². The van der Waals surface area contributed by atoms with Gasteiger partial charge in [-0.3, -0.25) is 9.48 Å². The van der Waals surface area contributed by atoms with E-state index in [2.05, 4.69) is 45.0 Å². The van der Waals surface area contributed by atoms with E-state index >= 15 is 0 Å². The Bertz CT molecular complexity index is 1160. The zero-order valence-electron chi connectivity index (χ0n) is 16.6. The van der Waals surface area contributed by atoms with Gasteiger partial charge in [0.25, 0.3) is 0 Å². The van der Waals surface area contributed by atoms with Crippen LogP contribution in [0.3, 0.4) is 0 Å². The van der Waals surface area contributed by atoms with Crippen molar-refractivity contribution in [1.82, 2.24) is 19.8 Å². The van der Waals surface area contributed by atoms with Crippen LogP contribution in [0.15, 0.2) is 34.9 Å². The Kier molecular flexibility index (Phi) is 3.44. The van der Waals surface area contributed by atoms with Crippen molar-refractivity contribution in [3.8, 4) is 0 Å². The van der Waals surface area contributed by atoms with Gasteiger partial charge in [0.1, 0.15) is 11.0 Å². The zero-order valence-corrected chi connectivity index (χ0v) is 17.4. The molecule has 3 aromatic rings. The van der Waals surface area contributed by atoms with Crippen molar-refractivity contribution in [2.75, 3.05) is 0 Å². The van der Waals surface area contributed by atoms with E-state index in [9.17, 15) is 4.79 Å². The van der Waals surface area contributed by atoms with Crippen molar-refractivity contribution in [3.05, 3.63) is 46.0 Å². The molecule has 1 atom stereocenters. The summed E-state index contributed by atoms with van der Waals surface area (Å²) >= 11 is 1.62. The van der Waals surface area contributed by atoms with E-state index in [1.807, 2.05) is 24.7 Å². The minimum Gasteiger partial charge on any atom is -0.272 e. The number of aromatic nitrogens is 3. The molecule has 0 radical (unpaired) electrons. The number of aryl methyl sites for hydroxylation is 2. The van der Waals surface area contributed by atoms with Crippen molar-refractivity contribution >= 4 is 34.4 Å². The summed E-state index contributed by atoms with van der Waals surface area (Å²) in [4.78, 5) is 17.9. The van der Waals surface area contributed by atoms with Crippen LogP contribution in [-0.4, -0.2) is 31.9 Å². The van der Waals surface area contributed by atoms with E-state index in [0.29, 0.717) is 0 Å². The van der Waals surface area contributed by atoms with E-state index in [1.54, 1.807) is 16.3 Å². The fourth-order valence-electron chi connectivity index (χ4n) is 5.63. The molecule has 1 aliphatic heterocycles. The summed E-state index contributed by atoms with van der Waals surface area (Å²) in [5.41, 5.74) is 3.45. The van der Waals surface area contributed by atoms with Crippen molar-refractivity contribution in [2.24, 2.45) is 15.9 Å². The Morgan fingerprint density at radius 1 is 1.28 bits per heavy atom. The zero-order chi connectivity index (χ0) is 19.8. The molecule has 1 unspecified atom stereocenters. The summed E-state index contributed by atoms with van der Waals surface area (Å²) in [5, 5.41) is 15.0. The van der Waals surface area contributed by atoms with Crippen LogP contribution in [0.5, 0.6) is 0 Å². The van der Waals surface area contributed by atoms with Gasteiger partial charge >= 0.3 is 0 Å². The lowest BCUT2D eigenvalue weighted by Gasteiger charge is -2.69. The fraction of sp³-hybridized carbons (Fsp3) is 0.455. The van der Waals surface area contributed by atoms with Crippen LogP contribution in [0.25, 0.3) is 10.9 Å². The predicted molar refractivity (Wildman–Crippen MR) is 113 cm³/mol. The van der Waals surface area contributed by atoms with Crippen LogP contribution < -0.4 is 0 Å². The Labute approximate surface area is 173 Å². The molecule has 0 N–H and O–H groups in total. The van der Waals surface area contributed by atoms with Crippen molar-refractivity contribution in [3.63, 3.8) is 0 Å². The third-order valence-electron chi connectivity index (χ3n) is 6.84. The normalized spacial score (nSPS) is 29.9. The maximum absolute atomic E-state index is 13.3. The van der Waals surface area contributed by atoms with Gasteiger partial charge in [0.05, 0.1) is 17.1 Å². The highest BCUT2D eigenvalue weighted by molar-refractivity contribution is 7.09. The quantitative estimate of drug-likeness (QED) is 0.652.